The standard InChI is InChI=1S/C19H18N2O3/c22-19(18-12-23-16-10-3-4-11-17(16)24-18)21-20-15-9-5-7-13-6-1-2-8-14(13)15/h1-4,6,8,10-11,18H,5,7,9,12H2,(H,21,22)/b20-15-/t18-/m1/s1. The molecular formula is C19H18N2O3. The van der Waals surface area contributed by atoms with Gasteiger partial charge in [0.1, 0.15) is 6.61 Å². The van der Waals surface area contributed by atoms with Crippen LogP contribution in [0.4, 0.5) is 0 Å². The van der Waals surface area contributed by atoms with Gasteiger partial charge in [-0.1, -0.05) is 36.4 Å². The summed E-state index contributed by atoms with van der Waals surface area (Å²) in [5, 5.41) is 4.34. The van der Waals surface area contributed by atoms with Gasteiger partial charge in [0.2, 0.25) is 6.10 Å². The fourth-order valence-corrected chi connectivity index (χ4v) is 3.06. The molecule has 1 heterocycles. The highest BCUT2D eigenvalue weighted by atomic mass is 16.6. The largest absolute Gasteiger partial charge is 0.485 e. The van der Waals surface area contributed by atoms with Crippen molar-refractivity contribution in [2.75, 3.05) is 6.61 Å². The number of hydrogen-bond acceptors (Lipinski definition) is 4. The zero-order valence-corrected chi connectivity index (χ0v) is 13.2. The number of amides is 1. The molecule has 0 aromatic heterocycles. The van der Waals surface area contributed by atoms with Gasteiger partial charge in [-0.15, -0.1) is 0 Å². The number of carbonyl (C=O) groups excluding carboxylic acids is 1. The van der Waals surface area contributed by atoms with Crippen LogP contribution in [-0.2, 0) is 11.2 Å². The van der Waals surface area contributed by atoms with Crippen LogP contribution in [0.5, 0.6) is 11.5 Å². The second-order valence-electron chi connectivity index (χ2n) is 5.91. The second-order valence-corrected chi connectivity index (χ2v) is 5.91. The fraction of sp³-hybridized carbons (Fsp3) is 0.263. The Morgan fingerprint density at radius 3 is 2.75 bits per heavy atom. The number of aryl methyl sites for hydroxylation is 1. The molecule has 1 amide bonds. The van der Waals surface area contributed by atoms with Crippen molar-refractivity contribution >= 4 is 11.6 Å². The third-order valence-corrected chi connectivity index (χ3v) is 4.29. The normalized spacial score (nSPS) is 20.3. The van der Waals surface area contributed by atoms with Crippen molar-refractivity contribution in [1.82, 2.24) is 5.43 Å². The van der Waals surface area contributed by atoms with Gasteiger partial charge < -0.3 is 9.47 Å². The van der Waals surface area contributed by atoms with Crippen molar-refractivity contribution in [3.05, 3.63) is 59.7 Å². The minimum atomic E-state index is -0.692. The Kier molecular flexibility index (Phi) is 3.91. The molecule has 0 fully saturated rings. The summed E-state index contributed by atoms with van der Waals surface area (Å²) < 4.78 is 11.3. The predicted octanol–water partition coefficient (Wildman–Crippen LogP) is 2.68. The summed E-state index contributed by atoms with van der Waals surface area (Å²) in [7, 11) is 0. The molecule has 1 N–H and O–H groups in total. The molecule has 24 heavy (non-hydrogen) atoms. The zero-order valence-electron chi connectivity index (χ0n) is 13.2. The van der Waals surface area contributed by atoms with Gasteiger partial charge in [-0.25, -0.2) is 5.43 Å². The summed E-state index contributed by atoms with van der Waals surface area (Å²) in [6.45, 7) is 0.185. The van der Waals surface area contributed by atoms with Gasteiger partial charge >= 0.3 is 0 Å². The average Bonchev–Trinajstić information content (AvgIpc) is 2.65. The Bertz CT molecular complexity index is 801. The van der Waals surface area contributed by atoms with Crippen LogP contribution in [0.15, 0.2) is 53.6 Å². The van der Waals surface area contributed by atoms with Gasteiger partial charge in [-0.2, -0.15) is 5.10 Å². The van der Waals surface area contributed by atoms with E-state index in [9.17, 15) is 4.79 Å². The molecule has 122 valence electrons. The first-order valence-corrected chi connectivity index (χ1v) is 8.14. The lowest BCUT2D eigenvalue weighted by Crippen LogP contribution is -2.42. The van der Waals surface area contributed by atoms with E-state index in [0.717, 1.165) is 30.5 Å². The topological polar surface area (TPSA) is 59.9 Å². The van der Waals surface area contributed by atoms with Gasteiger partial charge in [0, 0.05) is 5.56 Å². The Balaban J connectivity index is 1.46. The molecule has 1 atom stereocenters. The van der Waals surface area contributed by atoms with E-state index < -0.39 is 6.10 Å². The Morgan fingerprint density at radius 2 is 1.83 bits per heavy atom. The van der Waals surface area contributed by atoms with Crippen LogP contribution in [0.25, 0.3) is 0 Å². The van der Waals surface area contributed by atoms with Crippen molar-refractivity contribution in [3.8, 4) is 11.5 Å². The lowest BCUT2D eigenvalue weighted by molar-refractivity contribution is -0.130. The molecule has 0 bridgehead atoms. The molecule has 2 aromatic rings. The Hall–Kier alpha value is -2.82. The highest BCUT2D eigenvalue weighted by molar-refractivity contribution is 6.03. The van der Waals surface area contributed by atoms with E-state index in [0.29, 0.717) is 11.5 Å². The number of carbonyl (C=O) groups is 1. The summed E-state index contributed by atoms with van der Waals surface area (Å²) >= 11 is 0. The van der Waals surface area contributed by atoms with E-state index >= 15 is 0 Å². The second kappa shape index (κ2) is 6.35. The Morgan fingerprint density at radius 1 is 1.04 bits per heavy atom. The van der Waals surface area contributed by atoms with E-state index in [4.69, 9.17) is 9.47 Å². The number of hydrazone groups is 1. The number of nitrogens with one attached hydrogen (secondary N) is 1. The van der Waals surface area contributed by atoms with Crippen molar-refractivity contribution in [2.24, 2.45) is 5.10 Å². The smallest absolute Gasteiger partial charge is 0.284 e. The maximum Gasteiger partial charge on any atom is 0.284 e. The highest BCUT2D eigenvalue weighted by Crippen LogP contribution is 2.30. The van der Waals surface area contributed by atoms with Gasteiger partial charge in [0.25, 0.3) is 5.91 Å². The van der Waals surface area contributed by atoms with Crippen LogP contribution in [-0.4, -0.2) is 24.3 Å². The molecule has 0 radical (unpaired) electrons. The number of hydrogen-bond donors (Lipinski definition) is 1. The van der Waals surface area contributed by atoms with Crippen molar-refractivity contribution in [3.63, 3.8) is 0 Å². The van der Waals surface area contributed by atoms with Crippen LogP contribution >= 0.6 is 0 Å². The summed E-state index contributed by atoms with van der Waals surface area (Å²) in [5.74, 6) is 0.952. The quantitative estimate of drug-likeness (QED) is 0.865. The van der Waals surface area contributed by atoms with E-state index in [2.05, 4.69) is 22.7 Å². The number of benzene rings is 2. The van der Waals surface area contributed by atoms with Crippen molar-refractivity contribution in [1.29, 1.82) is 0 Å². The van der Waals surface area contributed by atoms with Crippen molar-refractivity contribution in [2.45, 2.75) is 25.4 Å². The van der Waals surface area contributed by atoms with Gasteiger partial charge in [0.15, 0.2) is 11.5 Å². The summed E-state index contributed by atoms with van der Waals surface area (Å²) in [6, 6.07) is 15.5. The van der Waals surface area contributed by atoms with Crippen LogP contribution in [0.3, 0.4) is 0 Å². The fourth-order valence-electron chi connectivity index (χ4n) is 3.06. The molecule has 0 spiro atoms. The zero-order chi connectivity index (χ0) is 16.4. The van der Waals surface area contributed by atoms with Gasteiger partial charge in [-0.3, -0.25) is 4.79 Å². The third kappa shape index (κ3) is 2.85. The SMILES string of the molecule is O=C(N/N=C1/CCCc2ccccc21)[C@H]1COc2ccccc2O1. The van der Waals surface area contributed by atoms with Gasteiger partial charge in [-0.05, 0) is 37.0 Å². The molecule has 0 saturated carbocycles. The molecule has 1 aliphatic heterocycles. The minimum absolute atomic E-state index is 0.185. The maximum atomic E-state index is 12.3. The maximum absolute atomic E-state index is 12.3. The minimum Gasteiger partial charge on any atom is -0.485 e. The monoisotopic (exact) mass is 322 g/mol. The summed E-state index contributed by atoms with van der Waals surface area (Å²) in [6.07, 6.45) is 2.27. The molecular weight excluding hydrogens is 304 g/mol. The number of ether oxygens (including phenoxy) is 2. The number of rotatable bonds is 2. The lowest BCUT2D eigenvalue weighted by atomic mass is 9.90. The molecule has 2 aromatic carbocycles. The number of fused-ring (bicyclic) bond motifs is 2. The molecule has 0 saturated heterocycles. The molecule has 1 aliphatic carbocycles. The van der Waals surface area contributed by atoms with Gasteiger partial charge in [0.05, 0.1) is 5.71 Å². The van der Waals surface area contributed by atoms with Crippen molar-refractivity contribution < 1.29 is 14.3 Å². The van der Waals surface area contributed by atoms with Crippen LogP contribution in [0, 0.1) is 0 Å². The Labute approximate surface area is 140 Å². The van der Waals surface area contributed by atoms with E-state index in [1.165, 1.54) is 5.56 Å². The molecule has 4 rings (SSSR count). The van der Waals surface area contributed by atoms with E-state index in [1.807, 2.05) is 30.3 Å². The lowest BCUT2D eigenvalue weighted by Gasteiger charge is -2.25. The number of para-hydroxylation sites is 2. The molecule has 2 aliphatic rings. The third-order valence-electron chi connectivity index (χ3n) is 4.29. The highest BCUT2D eigenvalue weighted by Gasteiger charge is 2.27. The van der Waals surface area contributed by atoms with E-state index in [1.54, 1.807) is 6.07 Å². The predicted molar refractivity (Wildman–Crippen MR) is 90.4 cm³/mol. The van der Waals surface area contributed by atoms with Crippen LogP contribution in [0.1, 0.15) is 24.0 Å². The molecule has 0 unspecified atom stereocenters. The summed E-state index contributed by atoms with van der Waals surface area (Å²) in [4.78, 5) is 12.3. The first kappa shape index (κ1) is 14.8. The summed E-state index contributed by atoms with van der Waals surface area (Å²) in [5.41, 5.74) is 5.96. The average molecular weight is 322 g/mol. The van der Waals surface area contributed by atoms with E-state index in [-0.39, 0.29) is 12.5 Å². The molecule has 5 heteroatoms. The first-order chi connectivity index (χ1) is 11.8. The van der Waals surface area contributed by atoms with Crippen LogP contribution < -0.4 is 14.9 Å². The number of nitrogens with zero attached hydrogens (tertiary/aromatic N) is 1. The molecule has 5 nitrogen and oxygen atoms in total. The first-order valence-electron chi connectivity index (χ1n) is 8.14. The van der Waals surface area contributed by atoms with Crippen LogP contribution in [0.2, 0.25) is 0 Å².